The van der Waals surface area contributed by atoms with E-state index in [1.807, 2.05) is 13.8 Å². The second-order valence-corrected chi connectivity index (χ2v) is 4.13. The maximum atomic E-state index is 13.6. The molecule has 1 N–H and O–H groups in total. The smallest absolute Gasteiger partial charge is 0.189 e. The number of rotatable bonds is 1. The van der Waals surface area contributed by atoms with Gasteiger partial charge in [0.2, 0.25) is 0 Å². The molecule has 0 unspecified atom stereocenters. The summed E-state index contributed by atoms with van der Waals surface area (Å²) in [4.78, 5) is 0. The molecule has 13 heavy (non-hydrogen) atoms. The van der Waals surface area contributed by atoms with Gasteiger partial charge in [0, 0.05) is 5.92 Å². The van der Waals surface area contributed by atoms with Crippen LogP contribution in [0.15, 0.2) is 0 Å². The molecule has 0 aromatic heterocycles. The zero-order valence-electron chi connectivity index (χ0n) is 7.81. The number of ether oxygens (including phenoxy) is 2. The lowest BCUT2D eigenvalue weighted by molar-refractivity contribution is -0.194. The van der Waals surface area contributed by atoms with E-state index in [1.54, 1.807) is 0 Å². The summed E-state index contributed by atoms with van der Waals surface area (Å²) in [5.41, 5.74) is 0. The fourth-order valence-corrected chi connectivity index (χ4v) is 2.17. The molecule has 5 atom stereocenters. The van der Waals surface area contributed by atoms with Crippen LogP contribution < -0.4 is 0 Å². The molecule has 2 bridgehead atoms. The maximum Gasteiger partial charge on any atom is 0.189 e. The van der Waals surface area contributed by atoms with Crippen molar-refractivity contribution in [1.82, 2.24) is 0 Å². The zero-order valence-corrected chi connectivity index (χ0v) is 7.81. The van der Waals surface area contributed by atoms with E-state index in [2.05, 4.69) is 0 Å². The van der Waals surface area contributed by atoms with Crippen LogP contribution in [0.3, 0.4) is 0 Å². The largest absolute Gasteiger partial charge is 0.390 e. The van der Waals surface area contributed by atoms with Gasteiger partial charge in [-0.3, -0.25) is 0 Å². The Labute approximate surface area is 76.8 Å². The summed E-state index contributed by atoms with van der Waals surface area (Å²) >= 11 is 0. The molecule has 0 radical (unpaired) electrons. The van der Waals surface area contributed by atoms with Gasteiger partial charge in [-0.05, 0) is 5.92 Å². The van der Waals surface area contributed by atoms with Crippen LogP contribution in [0.1, 0.15) is 13.8 Å². The average molecular weight is 190 g/mol. The fourth-order valence-electron chi connectivity index (χ4n) is 2.17. The van der Waals surface area contributed by atoms with Crippen molar-refractivity contribution in [3.63, 3.8) is 0 Å². The molecule has 0 amide bonds. The SMILES string of the molecule is CC(C)[C@H]1[C@H](O)[C@@H]2CO[C@@H](O2)[C@@H]1F. The Morgan fingerprint density at radius 1 is 1.46 bits per heavy atom. The molecular formula is C9H15FO3. The van der Waals surface area contributed by atoms with Gasteiger partial charge in [0.25, 0.3) is 0 Å². The van der Waals surface area contributed by atoms with Crippen LogP contribution in [0.2, 0.25) is 0 Å². The highest BCUT2D eigenvalue weighted by Gasteiger charge is 2.51. The zero-order chi connectivity index (χ0) is 9.59. The minimum absolute atomic E-state index is 0.112. The van der Waals surface area contributed by atoms with Gasteiger partial charge in [-0.1, -0.05) is 13.8 Å². The number of alkyl halides is 1. The minimum atomic E-state index is -1.20. The highest BCUT2D eigenvalue weighted by molar-refractivity contribution is 4.94. The molecule has 76 valence electrons. The number of aliphatic hydroxyl groups excluding tert-OH is 1. The van der Waals surface area contributed by atoms with E-state index in [4.69, 9.17) is 9.47 Å². The number of aliphatic hydroxyl groups is 1. The van der Waals surface area contributed by atoms with Crippen molar-refractivity contribution in [2.75, 3.05) is 6.61 Å². The molecule has 2 aliphatic heterocycles. The van der Waals surface area contributed by atoms with Crippen LogP contribution >= 0.6 is 0 Å². The standard InChI is InChI=1S/C9H15FO3/c1-4(2)6-7(10)9-12-3-5(13-9)8(6)11/h4-9,11H,3H2,1-2H3/t5-,6+,7+,8+,9-/m0/s1. The second-order valence-electron chi connectivity index (χ2n) is 4.13. The third-order valence-corrected chi connectivity index (χ3v) is 2.91. The van der Waals surface area contributed by atoms with Crippen LogP contribution in [0.25, 0.3) is 0 Å². The predicted molar refractivity (Wildman–Crippen MR) is 43.8 cm³/mol. The van der Waals surface area contributed by atoms with E-state index in [0.29, 0.717) is 6.61 Å². The molecule has 0 saturated carbocycles. The van der Waals surface area contributed by atoms with Crippen molar-refractivity contribution in [3.8, 4) is 0 Å². The van der Waals surface area contributed by atoms with Crippen molar-refractivity contribution < 1.29 is 19.0 Å². The molecule has 2 saturated heterocycles. The number of halogens is 1. The van der Waals surface area contributed by atoms with Crippen molar-refractivity contribution in [3.05, 3.63) is 0 Å². The van der Waals surface area contributed by atoms with Gasteiger partial charge in [-0.2, -0.15) is 0 Å². The quantitative estimate of drug-likeness (QED) is 0.662. The lowest BCUT2D eigenvalue weighted by atomic mass is 9.82. The van der Waals surface area contributed by atoms with E-state index in [-0.39, 0.29) is 17.9 Å². The summed E-state index contributed by atoms with van der Waals surface area (Å²) in [7, 11) is 0. The Morgan fingerprint density at radius 3 is 2.77 bits per heavy atom. The summed E-state index contributed by atoms with van der Waals surface area (Å²) in [5.74, 6) is -0.244. The summed E-state index contributed by atoms with van der Waals surface area (Å²) < 4.78 is 23.9. The van der Waals surface area contributed by atoms with E-state index >= 15 is 0 Å². The number of fused-ring (bicyclic) bond motifs is 2. The van der Waals surface area contributed by atoms with Gasteiger partial charge in [0.1, 0.15) is 6.10 Å². The molecular weight excluding hydrogens is 175 g/mol. The Balaban J connectivity index is 2.17. The third kappa shape index (κ3) is 1.37. The van der Waals surface area contributed by atoms with E-state index in [1.165, 1.54) is 0 Å². The minimum Gasteiger partial charge on any atom is -0.390 e. The lowest BCUT2D eigenvalue weighted by Crippen LogP contribution is -2.50. The van der Waals surface area contributed by atoms with Gasteiger partial charge >= 0.3 is 0 Å². The highest BCUT2D eigenvalue weighted by atomic mass is 19.1. The molecule has 2 heterocycles. The Morgan fingerprint density at radius 2 is 2.15 bits per heavy atom. The lowest BCUT2D eigenvalue weighted by Gasteiger charge is -2.36. The fraction of sp³-hybridized carbons (Fsp3) is 1.00. The molecule has 3 nitrogen and oxygen atoms in total. The predicted octanol–water partition coefficient (Wildman–Crippen LogP) is 0.713. The first kappa shape index (κ1) is 9.37. The monoisotopic (exact) mass is 190 g/mol. The van der Waals surface area contributed by atoms with E-state index < -0.39 is 18.6 Å². The Kier molecular flexibility index (Phi) is 2.30. The van der Waals surface area contributed by atoms with Crippen LogP contribution in [0.4, 0.5) is 4.39 Å². The van der Waals surface area contributed by atoms with Crippen LogP contribution in [0, 0.1) is 11.8 Å². The van der Waals surface area contributed by atoms with Crippen LogP contribution in [0.5, 0.6) is 0 Å². The molecule has 0 spiro atoms. The van der Waals surface area contributed by atoms with Crippen LogP contribution in [-0.4, -0.2) is 36.4 Å². The highest BCUT2D eigenvalue weighted by Crippen LogP contribution is 2.37. The first-order chi connectivity index (χ1) is 6.11. The normalized spacial score (nSPS) is 50.1. The molecule has 2 fully saturated rings. The average Bonchev–Trinajstić information content (AvgIpc) is 2.46. The van der Waals surface area contributed by atoms with Gasteiger partial charge in [-0.25, -0.2) is 4.39 Å². The second kappa shape index (κ2) is 3.19. The van der Waals surface area contributed by atoms with Gasteiger partial charge in [-0.15, -0.1) is 0 Å². The number of hydrogen-bond donors (Lipinski definition) is 1. The molecule has 2 aliphatic rings. The van der Waals surface area contributed by atoms with Gasteiger partial charge < -0.3 is 14.6 Å². The molecule has 2 rings (SSSR count). The Hall–Kier alpha value is -0.190. The molecule has 0 aromatic carbocycles. The molecule has 0 aromatic rings. The van der Waals surface area contributed by atoms with Crippen molar-refractivity contribution >= 4 is 0 Å². The Bertz CT molecular complexity index is 181. The molecule has 4 heteroatoms. The van der Waals surface area contributed by atoms with Gasteiger partial charge in [0.15, 0.2) is 12.5 Å². The van der Waals surface area contributed by atoms with E-state index in [0.717, 1.165) is 0 Å². The molecule has 0 aliphatic carbocycles. The van der Waals surface area contributed by atoms with Crippen molar-refractivity contribution in [2.24, 2.45) is 11.8 Å². The summed E-state index contributed by atoms with van der Waals surface area (Å²) in [6.07, 6.45) is -3.01. The summed E-state index contributed by atoms with van der Waals surface area (Å²) in [6.45, 7) is 4.13. The third-order valence-electron chi connectivity index (χ3n) is 2.91. The van der Waals surface area contributed by atoms with Crippen molar-refractivity contribution in [2.45, 2.75) is 38.5 Å². The summed E-state index contributed by atoms with van der Waals surface area (Å²) in [6, 6.07) is 0. The number of hydrogen-bond acceptors (Lipinski definition) is 3. The summed E-state index contributed by atoms with van der Waals surface area (Å²) in [5, 5.41) is 9.75. The van der Waals surface area contributed by atoms with Crippen LogP contribution in [-0.2, 0) is 9.47 Å². The van der Waals surface area contributed by atoms with Crippen molar-refractivity contribution in [1.29, 1.82) is 0 Å². The first-order valence-electron chi connectivity index (χ1n) is 4.70. The maximum absolute atomic E-state index is 13.6. The topological polar surface area (TPSA) is 38.7 Å². The van der Waals surface area contributed by atoms with Gasteiger partial charge in [0.05, 0.1) is 12.7 Å². The first-order valence-corrected chi connectivity index (χ1v) is 4.70. The van der Waals surface area contributed by atoms with E-state index in [9.17, 15) is 9.50 Å².